The van der Waals surface area contributed by atoms with Gasteiger partial charge in [-0.1, -0.05) is 60.7 Å². The third-order valence-electron chi connectivity index (χ3n) is 2.45. The summed E-state index contributed by atoms with van der Waals surface area (Å²) in [7, 11) is -8.51. The molecule has 0 N–H and O–H groups in total. The molecule has 25 heavy (non-hydrogen) atoms. The van der Waals surface area contributed by atoms with Gasteiger partial charge in [0.05, 0.1) is 0 Å². The van der Waals surface area contributed by atoms with Crippen LogP contribution in [0.2, 0.25) is 0 Å². The topological polar surface area (TPSA) is 114 Å². The third-order valence-corrected chi connectivity index (χ3v) is 3.39. The van der Waals surface area contributed by atoms with Gasteiger partial charge in [0, 0.05) is 10.8 Å². The van der Waals surface area contributed by atoms with E-state index in [1.54, 1.807) is 48.5 Å². The molecule has 0 spiro atoms. The molecule has 0 bridgehead atoms. The summed E-state index contributed by atoms with van der Waals surface area (Å²) in [6.07, 6.45) is 2.53. The average molecular weight is 432 g/mol. The monoisotopic (exact) mass is 430 g/mol. The summed E-state index contributed by atoms with van der Waals surface area (Å²) in [5.74, 6) is 0. The van der Waals surface area contributed by atoms with E-state index in [0.29, 0.717) is 21.9 Å². The second-order valence-corrected chi connectivity index (χ2v) is 6.93. The minimum Gasteiger partial charge on any atom is -0.744 e. The van der Waals surface area contributed by atoms with Crippen molar-refractivity contribution in [2.45, 2.75) is 0 Å². The molecule has 0 saturated heterocycles. The normalized spacial score (nSPS) is 11.6. The predicted molar refractivity (Wildman–Crippen MR) is 90.3 cm³/mol. The fourth-order valence-corrected chi connectivity index (χ4v) is 2.10. The first-order chi connectivity index (χ1) is 11.2. The van der Waals surface area contributed by atoms with E-state index in [1.165, 1.54) is 12.2 Å². The summed E-state index contributed by atoms with van der Waals surface area (Å²) in [6.45, 7) is 0. The minimum absolute atomic E-state index is 0. The average Bonchev–Trinajstić information content (AvgIpc) is 2.52. The molecule has 0 atom stereocenters. The van der Waals surface area contributed by atoms with Gasteiger partial charge in [-0.2, -0.15) is 0 Å². The quantitative estimate of drug-likeness (QED) is 0.542. The first-order valence-electron chi connectivity index (χ1n) is 6.54. The zero-order valence-corrected chi connectivity index (χ0v) is 17.7. The van der Waals surface area contributed by atoms with Crippen LogP contribution in [0.25, 0.3) is 12.2 Å². The van der Waals surface area contributed by atoms with Gasteiger partial charge < -0.3 is 9.11 Å². The molecule has 0 amide bonds. The van der Waals surface area contributed by atoms with Crippen LogP contribution in [0.15, 0.2) is 71.5 Å². The Hall–Kier alpha value is -1.64. The van der Waals surface area contributed by atoms with Crippen LogP contribution in [0, 0.1) is 0 Å². The van der Waals surface area contributed by atoms with E-state index in [4.69, 9.17) is 0 Å². The second kappa shape index (κ2) is 11.1. The van der Waals surface area contributed by atoms with Crippen LogP contribution in [0.5, 0.6) is 0 Å². The predicted octanol–water partition coefficient (Wildman–Crippen LogP) is 2.40. The van der Waals surface area contributed by atoms with E-state index in [0.717, 1.165) is 0 Å². The Bertz CT molecular complexity index is 813. The van der Waals surface area contributed by atoms with Crippen LogP contribution in [-0.2, 0) is 39.7 Å². The van der Waals surface area contributed by atoms with Crippen molar-refractivity contribution < 1.29 is 45.4 Å². The molecule has 0 saturated carbocycles. The molecule has 0 aromatic heterocycles. The van der Waals surface area contributed by atoms with Gasteiger partial charge in [0.25, 0.3) is 0 Å². The Labute approximate surface area is 160 Å². The number of rotatable bonds is 4. The molecule has 128 valence electrons. The van der Waals surface area contributed by atoms with Crippen molar-refractivity contribution in [1.82, 2.24) is 0 Å². The molecule has 0 heterocycles. The molecule has 0 radical (unpaired) electrons. The molecule has 9 heteroatoms. The molecule has 0 aliphatic carbocycles. The van der Waals surface area contributed by atoms with Crippen molar-refractivity contribution in [2.24, 2.45) is 0 Å². The smallest absolute Gasteiger partial charge is 0.744 e. The van der Waals surface area contributed by atoms with Crippen LogP contribution < -0.4 is 0 Å². The SMILES string of the molecule is O=S(=O)([O-])C=Cc1ccccc1.O=S(=O)([O-])C=Cc1ccccc1.[Zn+2]. The van der Waals surface area contributed by atoms with E-state index in [2.05, 4.69) is 0 Å². The molecule has 0 aliphatic heterocycles. The Balaban J connectivity index is 0.000000443. The van der Waals surface area contributed by atoms with Crippen LogP contribution >= 0.6 is 0 Å². The van der Waals surface area contributed by atoms with Crippen LogP contribution in [0.4, 0.5) is 0 Å². The maximum absolute atomic E-state index is 10.2. The molecular weight excluding hydrogens is 418 g/mol. The molecule has 2 aromatic rings. The zero-order chi connectivity index (χ0) is 18.1. The molecule has 2 rings (SSSR count). The third kappa shape index (κ3) is 13.3. The summed E-state index contributed by atoms with van der Waals surface area (Å²) in [4.78, 5) is 0. The maximum atomic E-state index is 10.2. The largest absolute Gasteiger partial charge is 2.00 e. The van der Waals surface area contributed by atoms with E-state index in [9.17, 15) is 25.9 Å². The van der Waals surface area contributed by atoms with E-state index in [1.807, 2.05) is 12.1 Å². The molecule has 6 nitrogen and oxygen atoms in total. The summed E-state index contributed by atoms with van der Waals surface area (Å²) in [5.41, 5.74) is 1.38. The Kier molecular flexibility index (Phi) is 10.3. The Morgan fingerprint density at radius 2 is 0.880 bits per heavy atom. The molecular formula is C16H14O6S2Zn. The summed E-state index contributed by atoms with van der Waals surface area (Å²) in [5, 5.41) is 1.28. The van der Waals surface area contributed by atoms with Gasteiger partial charge in [0.2, 0.25) is 0 Å². The summed E-state index contributed by atoms with van der Waals surface area (Å²) >= 11 is 0. The summed E-state index contributed by atoms with van der Waals surface area (Å²) < 4.78 is 61.0. The van der Waals surface area contributed by atoms with Gasteiger partial charge in [-0.25, -0.2) is 16.8 Å². The van der Waals surface area contributed by atoms with E-state index < -0.39 is 20.2 Å². The van der Waals surface area contributed by atoms with Crippen molar-refractivity contribution in [3.05, 3.63) is 82.6 Å². The fourth-order valence-electron chi connectivity index (χ4n) is 1.45. The molecule has 0 fully saturated rings. The number of hydrogen-bond donors (Lipinski definition) is 0. The maximum Gasteiger partial charge on any atom is 2.00 e. The zero-order valence-electron chi connectivity index (χ0n) is 13.1. The van der Waals surface area contributed by atoms with Crippen molar-refractivity contribution >= 4 is 32.4 Å². The van der Waals surface area contributed by atoms with Crippen molar-refractivity contribution in [3.63, 3.8) is 0 Å². The van der Waals surface area contributed by atoms with Gasteiger partial charge in [-0.15, -0.1) is 0 Å². The van der Waals surface area contributed by atoms with Crippen molar-refractivity contribution in [1.29, 1.82) is 0 Å². The number of hydrogen-bond acceptors (Lipinski definition) is 6. The Morgan fingerprint density at radius 3 is 1.12 bits per heavy atom. The van der Waals surface area contributed by atoms with Gasteiger partial charge in [-0.3, -0.25) is 0 Å². The molecule has 0 unspecified atom stereocenters. The van der Waals surface area contributed by atoms with Crippen LogP contribution in [0.1, 0.15) is 11.1 Å². The Morgan fingerprint density at radius 1 is 0.600 bits per heavy atom. The summed E-state index contributed by atoms with van der Waals surface area (Å²) in [6, 6.07) is 17.5. The van der Waals surface area contributed by atoms with E-state index >= 15 is 0 Å². The van der Waals surface area contributed by atoms with E-state index in [-0.39, 0.29) is 19.5 Å². The fraction of sp³-hybridized carbons (Fsp3) is 0. The van der Waals surface area contributed by atoms with Gasteiger partial charge in [-0.05, 0) is 23.3 Å². The van der Waals surface area contributed by atoms with Gasteiger partial charge in [0.1, 0.15) is 20.2 Å². The van der Waals surface area contributed by atoms with Crippen LogP contribution in [0.3, 0.4) is 0 Å². The molecule has 0 aliphatic rings. The minimum atomic E-state index is -4.25. The first kappa shape index (κ1) is 23.4. The van der Waals surface area contributed by atoms with Crippen molar-refractivity contribution in [2.75, 3.05) is 0 Å². The first-order valence-corrected chi connectivity index (χ1v) is 9.48. The van der Waals surface area contributed by atoms with Gasteiger partial charge in [0.15, 0.2) is 0 Å². The number of benzene rings is 2. The standard InChI is InChI=1S/2C8H8O3S.Zn/c2*9-12(10,11)7-6-8-4-2-1-3-5-8;/h2*1-7H,(H,9,10,11);/q;;+2/p-2. The molecule has 2 aromatic carbocycles. The van der Waals surface area contributed by atoms with Crippen LogP contribution in [-0.4, -0.2) is 25.9 Å². The van der Waals surface area contributed by atoms with Crippen molar-refractivity contribution in [3.8, 4) is 0 Å². The van der Waals surface area contributed by atoms with Gasteiger partial charge >= 0.3 is 19.5 Å². The second-order valence-electron chi connectivity index (χ2n) is 4.41.